The molecular formula is C23H22BrN3O5S. The largest absolute Gasteiger partial charge is 0.496 e. The summed E-state index contributed by atoms with van der Waals surface area (Å²) in [6, 6.07) is 12.8. The number of thioether (sulfide) groups is 1. The Bertz CT molecular complexity index is 1120. The zero-order chi connectivity index (χ0) is 23.4. The van der Waals surface area contributed by atoms with Crippen molar-refractivity contribution in [2.45, 2.75) is 0 Å². The van der Waals surface area contributed by atoms with E-state index in [9.17, 15) is 14.4 Å². The Kier molecular flexibility index (Phi) is 7.36. The zero-order valence-electron chi connectivity index (χ0n) is 17.9. The molecule has 1 N–H and O–H groups in total. The maximum absolute atomic E-state index is 12.8. The number of nitrogens with zero attached hydrogens (tertiary/aromatic N) is 2. The van der Waals surface area contributed by atoms with Crippen LogP contribution in [0, 0.1) is 0 Å². The van der Waals surface area contributed by atoms with E-state index < -0.39 is 17.1 Å². The molecule has 2 aromatic rings. The molecule has 2 aliphatic heterocycles. The molecule has 2 aliphatic rings. The SMILES string of the molecule is COc1ccc(/C=C2/SC(=O)N(CC(=O)Nc3ccccc3N3CCOCC3)C2=O)cc1Br. The normalized spacial score (nSPS) is 17.6. The molecule has 0 spiro atoms. The molecule has 0 bridgehead atoms. The van der Waals surface area contributed by atoms with Crippen LogP contribution in [0.25, 0.3) is 6.08 Å². The number of anilines is 2. The summed E-state index contributed by atoms with van der Waals surface area (Å²) in [7, 11) is 1.56. The Hall–Kier alpha value is -2.82. The van der Waals surface area contributed by atoms with Crippen molar-refractivity contribution in [1.29, 1.82) is 0 Å². The third-order valence-electron chi connectivity index (χ3n) is 5.18. The summed E-state index contributed by atoms with van der Waals surface area (Å²) in [5.74, 6) is -0.269. The molecule has 0 aromatic heterocycles. The minimum absolute atomic E-state index is 0.263. The topological polar surface area (TPSA) is 88.2 Å². The van der Waals surface area contributed by atoms with E-state index in [4.69, 9.17) is 9.47 Å². The predicted molar refractivity (Wildman–Crippen MR) is 131 cm³/mol. The van der Waals surface area contributed by atoms with Gasteiger partial charge in [0.25, 0.3) is 11.1 Å². The highest BCUT2D eigenvalue weighted by Gasteiger charge is 2.36. The van der Waals surface area contributed by atoms with Gasteiger partial charge in [-0.3, -0.25) is 19.3 Å². The van der Waals surface area contributed by atoms with Crippen molar-refractivity contribution in [2.24, 2.45) is 0 Å². The molecule has 4 rings (SSSR count). The summed E-state index contributed by atoms with van der Waals surface area (Å²) in [5.41, 5.74) is 2.25. The molecule has 10 heteroatoms. The molecule has 0 saturated carbocycles. The van der Waals surface area contributed by atoms with E-state index in [1.807, 2.05) is 18.2 Å². The molecule has 3 amide bonds. The van der Waals surface area contributed by atoms with Gasteiger partial charge in [-0.2, -0.15) is 0 Å². The van der Waals surface area contributed by atoms with Crippen LogP contribution in [0.5, 0.6) is 5.75 Å². The van der Waals surface area contributed by atoms with Crippen molar-refractivity contribution < 1.29 is 23.9 Å². The maximum atomic E-state index is 12.8. The van der Waals surface area contributed by atoms with E-state index >= 15 is 0 Å². The van der Waals surface area contributed by atoms with Crippen molar-refractivity contribution in [1.82, 2.24) is 4.90 Å². The number of carbonyl (C=O) groups is 3. The molecule has 172 valence electrons. The summed E-state index contributed by atoms with van der Waals surface area (Å²) in [5, 5.41) is 2.37. The standard InChI is InChI=1S/C23H22BrN3O5S/c1-31-19-7-6-15(12-16(19)24)13-20-22(29)27(23(30)33-20)14-21(28)25-17-4-2-3-5-18(17)26-8-10-32-11-9-26/h2-7,12-13H,8-11,14H2,1H3,(H,25,28)/b20-13+. The molecule has 0 atom stereocenters. The maximum Gasteiger partial charge on any atom is 0.294 e. The smallest absolute Gasteiger partial charge is 0.294 e. The quantitative estimate of drug-likeness (QED) is 0.564. The Labute approximate surface area is 204 Å². The summed E-state index contributed by atoms with van der Waals surface area (Å²) in [6.07, 6.45) is 1.63. The van der Waals surface area contributed by atoms with Gasteiger partial charge in [0.05, 0.1) is 41.1 Å². The van der Waals surface area contributed by atoms with Crippen LogP contribution in [0.4, 0.5) is 16.2 Å². The second-order valence-corrected chi connectivity index (χ2v) is 9.17. The minimum atomic E-state index is -0.492. The molecule has 0 unspecified atom stereocenters. The van der Waals surface area contributed by atoms with Crippen LogP contribution in [0.2, 0.25) is 0 Å². The van der Waals surface area contributed by atoms with E-state index in [1.165, 1.54) is 0 Å². The monoisotopic (exact) mass is 531 g/mol. The van der Waals surface area contributed by atoms with Gasteiger partial charge in [-0.15, -0.1) is 0 Å². The van der Waals surface area contributed by atoms with E-state index in [-0.39, 0.29) is 11.4 Å². The fourth-order valence-electron chi connectivity index (χ4n) is 3.55. The minimum Gasteiger partial charge on any atom is -0.496 e. The lowest BCUT2D eigenvalue weighted by molar-refractivity contribution is -0.127. The Morgan fingerprint density at radius 3 is 2.70 bits per heavy atom. The lowest BCUT2D eigenvalue weighted by atomic mass is 10.2. The molecule has 2 heterocycles. The van der Waals surface area contributed by atoms with Crippen molar-refractivity contribution in [3.63, 3.8) is 0 Å². The number of methoxy groups -OCH3 is 1. The first-order valence-electron chi connectivity index (χ1n) is 10.3. The first-order chi connectivity index (χ1) is 16.0. The molecule has 0 aliphatic carbocycles. The third kappa shape index (κ3) is 5.40. The number of imide groups is 1. The van der Waals surface area contributed by atoms with Gasteiger partial charge in [0.1, 0.15) is 12.3 Å². The molecule has 2 saturated heterocycles. The number of nitrogens with one attached hydrogen (secondary N) is 1. The van der Waals surface area contributed by atoms with Gasteiger partial charge in [0, 0.05) is 13.1 Å². The van der Waals surface area contributed by atoms with Crippen molar-refractivity contribution in [3.8, 4) is 5.75 Å². The Morgan fingerprint density at radius 2 is 1.97 bits per heavy atom. The van der Waals surface area contributed by atoms with Crippen molar-refractivity contribution >= 4 is 62.2 Å². The van der Waals surface area contributed by atoms with E-state index in [2.05, 4.69) is 26.1 Å². The number of benzene rings is 2. The number of halogens is 1. The van der Waals surface area contributed by atoms with Gasteiger partial charge in [-0.25, -0.2) is 0 Å². The van der Waals surface area contributed by atoms with Crippen LogP contribution in [0.15, 0.2) is 51.8 Å². The average molecular weight is 532 g/mol. The summed E-state index contributed by atoms with van der Waals surface area (Å²) >= 11 is 4.22. The fourth-order valence-corrected chi connectivity index (χ4v) is 4.95. The lowest BCUT2D eigenvalue weighted by Crippen LogP contribution is -2.38. The van der Waals surface area contributed by atoms with Crippen molar-refractivity contribution in [3.05, 3.63) is 57.4 Å². The molecule has 2 fully saturated rings. The fraction of sp³-hybridized carbons (Fsp3) is 0.261. The molecule has 8 nitrogen and oxygen atoms in total. The van der Waals surface area contributed by atoms with Crippen molar-refractivity contribution in [2.75, 3.05) is 50.2 Å². The van der Waals surface area contributed by atoms with Gasteiger partial charge in [-0.1, -0.05) is 18.2 Å². The molecular weight excluding hydrogens is 510 g/mol. The van der Waals surface area contributed by atoms with Crippen LogP contribution in [-0.2, 0) is 14.3 Å². The highest BCUT2D eigenvalue weighted by Crippen LogP contribution is 2.34. The Morgan fingerprint density at radius 1 is 1.21 bits per heavy atom. The molecule has 33 heavy (non-hydrogen) atoms. The number of hydrogen-bond donors (Lipinski definition) is 1. The van der Waals surface area contributed by atoms with E-state index in [0.29, 0.717) is 24.7 Å². The number of rotatable bonds is 6. The van der Waals surface area contributed by atoms with Crippen LogP contribution in [-0.4, -0.2) is 61.9 Å². The van der Waals surface area contributed by atoms with Gasteiger partial charge in [0.15, 0.2) is 0 Å². The van der Waals surface area contributed by atoms with E-state index in [1.54, 1.807) is 37.5 Å². The number of carbonyl (C=O) groups excluding carboxylic acids is 3. The van der Waals surface area contributed by atoms with Gasteiger partial charge < -0.3 is 19.7 Å². The van der Waals surface area contributed by atoms with Crippen LogP contribution in [0.3, 0.4) is 0 Å². The second-order valence-electron chi connectivity index (χ2n) is 7.33. The van der Waals surface area contributed by atoms with Gasteiger partial charge in [0.2, 0.25) is 5.91 Å². The van der Waals surface area contributed by atoms with Crippen LogP contribution in [0.1, 0.15) is 5.56 Å². The highest BCUT2D eigenvalue weighted by molar-refractivity contribution is 9.10. The summed E-state index contributed by atoms with van der Waals surface area (Å²) < 4.78 is 11.3. The van der Waals surface area contributed by atoms with Crippen LogP contribution >= 0.6 is 27.7 Å². The number of amides is 3. The average Bonchev–Trinajstić information content (AvgIpc) is 3.07. The molecule has 2 aromatic carbocycles. The van der Waals surface area contributed by atoms with Crippen LogP contribution < -0.4 is 15.0 Å². The Balaban J connectivity index is 1.44. The van der Waals surface area contributed by atoms with Gasteiger partial charge >= 0.3 is 0 Å². The molecule has 0 radical (unpaired) electrons. The summed E-state index contributed by atoms with van der Waals surface area (Å²) in [4.78, 5) is 41.3. The second kappa shape index (κ2) is 10.4. The zero-order valence-corrected chi connectivity index (χ0v) is 20.3. The number of hydrogen-bond acceptors (Lipinski definition) is 7. The number of morpholine rings is 1. The number of para-hydroxylation sites is 2. The highest BCUT2D eigenvalue weighted by atomic mass is 79.9. The first kappa shape index (κ1) is 23.3. The summed E-state index contributed by atoms with van der Waals surface area (Å²) in [6.45, 7) is 2.34. The van der Waals surface area contributed by atoms with E-state index in [0.717, 1.165) is 45.5 Å². The third-order valence-corrected chi connectivity index (χ3v) is 6.71. The number of ether oxygens (including phenoxy) is 2. The van der Waals surface area contributed by atoms with Gasteiger partial charge in [-0.05, 0) is 63.6 Å². The predicted octanol–water partition coefficient (Wildman–Crippen LogP) is 3.97. The first-order valence-corrected chi connectivity index (χ1v) is 11.9. The lowest BCUT2D eigenvalue weighted by Gasteiger charge is -2.30.